The molecule has 3 aromatic heterocycles. The Morgan fingerprint density at radius 3 is 2.79 bits per heavy atom. The summed E-state index contributed by atoms with van der Waals surface area (Å²) >= 11 is 1.41. The summed E-state index contributed by atoms with van der Waals surface area (Å²) < 4.78 is 0. The van der Waals surface area contributed by atoms with E-state index in [0.717, 1.165) is 28.3 Å². The number of hydrogen-bond acceptors (Lipinski definition) is 4. The lowest BCUT2D eigenvalue weighted by Crippen LogP contribution is -1.94. The molecule has 0 aliphatic rings. The summed E-state index contributed by atoms with van der Waals surface area (Å²) in [5.74, 6) is 0.0345. The number of allylic oxidation sites excluding steroid dienone is 1. The number of rotatable bonds is 4. The van der Waals surface area contributed by atoms with Crippen LogP contribution in [0.3, 0.4) is 0 Å². The van der Waals surface area contributed by atoms with Crippen molar-refractivity contribution in [3.8, 4) is 17.5 Å². The molecule has 3 aromatic rings. The van der Waals surface area contributed by atoms with Gasteiger partial charge in [-0.3, -0.25) is 4.79 Å². The summed E-state index contributed by atoms with van der Waals surface area (Å²) in [4.78, 5) is 22.6. The zero-order valence-electron chi connectivity index (χ0n) is 13.6. The fourth-order valence-electron chi connectivity index (χ4n) is 2.78. The molecule has 0 saturated heterocycles. The quantitative estimate of drug-likeness (QED) is 0.548. The van der Waals surface area contributed by atoms with Crippen molar-refractivity contribution in [1.29, 1.82) is 5.26 Å². The van der Waals surface area contributed by atoms with Crippen LogP contribution in [0.25, 0.3) is 23.0 Å². The summed E-state index contributed by atoms with van der Waals surface area (Å²) in [6.07, 6.45) is 3.58. The zero-order chi connectivity index (χ0) is 17.3. The number of nitrogens with one attached hydrogen (secondary N) is 2. The molecule has 0 unspecified atom stereocenters. The van der Waals surface area contributed by atoms with Crippen LogP contribution in [0.5, 0.6) is 0 Å². The number of aromatic amines is 2. The number of carbonyl (C=O) groups is 1. The van der Waals surface area contributed by atoms with E-state index in [1.165, 1.54) is 11.3 Å². The molecule has 0 amide bonds. The van der Waals surface area contributed by atoms with Gasteiger partial charge < -0.3 is 9.97 Å². The van der Waals surface area contributed by atoms with Gasteiger partial charge in [-0.25, -0.2) is 4.98 Å². The molecule has 120 valence electrons. The van der Waals surface area contributed by atoms with E-state index >= 15 is 0 Å². The topological polar surface area (TPSA) is 85.3 Å². The highest BCUT2D eigenvalue weighted by Gasteiger charge is 2.18. The molecule has 0 atom stereocenters. The smallest absolute Gasteiger partial charge is 0.161 e. The van der Waals surface area contributed by atoms with Gasteiger partial charge >= 0.3 is 0 Å². The van der Waals surface area contributed by atoms with Crippen LogP contribution < -0.4 is 0 Å². The number of aromatic nitrogens is 3. The van der Waals surface area contributed by atoms with E-state index in [2.05, 4.69) is 21.0 Å². The van der Waals surface area contributed by atoms with Gasteiger partial charge in [0.05, 0.1) is 17.0 Å². The monoisotopic (exact) mass is 336 g/mol. The van der Waals surface area contributed by atoms with Crippen molar-refractivity contribution in [2.75, 3.05) is 0 Å². The normalized spacial score (nSPS) is 11.5. The molecule has 0 aliphatic heterocycles. The molecule has 3 heterocycles. The van der Waals surface area contributed by atoms with Crippen molar-refractivity contribution >= 4 is 28.8 Å². The second-order valence-corrected chi connectivity index (χ2v) is 6.37. The average molecular weight is 336 g/mol. The van der Waals surface area contributed by atoms with Crippen molar-refractivity contribution in [3.63, 3.8) is 0 Å². The molecule has 2 N–H and O–H groups in total. The molecule has 0 fully saturated rings. The number of aryl methyl sites for hydroxylation is 1. The van der Waals surface area contributed by atoms with Crippen molar-refractivity contribution in [1.82, 2.24) is 15.0 Å². The molecule has 0 bridgehead atoms. The molecule has 24 heavy (non-hydrogen) atoms. The zero-order valence-corrected chi connectivity index (χ0v) is 14.4. The molecule has 0 aromatic carbocycles. The van der Waals surface area contributed by atoms with Crippen molar-refractivity contribution in [2.45, 2.75) is 20.8 Å². The minimum Gasteiger partial charge on any atom is -0.362 e. The van der Waals surface area contributed by atoms with E-state index in [4.69, 9.17) is 0 Å². The van der Waals surface area contributed by atoms with Crippen LogP contribution in [0, 0.1) is 25.2 Å². The number of ketones is 1. The van der Waals surface area contributed by atoms with E-state index < -0.39 is 0 Å². The van der Waals surface area contributed by atoms with Gasteiger partial charge in [0.25, 0.3) is 0 Å². The van der Waals surface area contributed by atoms with Crippen LogP contribution >= 0.6 is 11.3 Å². The second-order valence-electron chi connectivity index (χ2n) is 5.51. The van der Waals surface area contributed by atoms with E-state index in [-0.39, 0.29) is 5.78 Å². The van der Waals surface area contributed by atoms with Crippen LogP contribution in [0.15, 0.2) is 23.7 Å². The molecular formula is C18H16N4OS. The van der Waals surface area contributed by atoms with Gasteiger partial charge in [-0.1, -0.05) is 0 Å². The number of hydrogen-bond donors (Lipinski definition) is 2. The Balaban J connectivity index is 2.01. The Kier molecular flexibility index (Phi) is 4.19. The third-order valence-electron chi connectivity index (χ3n) is 3.82. The van der Waals surface area contributed by atoms with Crippen molar-refractivity contribution < 1.29 is 4.79 Å². The largest absolute Gasteiger partial charge is 0.362 e. The van der Waals surface area contributed by atoms with Crippen LogP contribution in [-0.4, -0.2) is 20.7 Å². The van der Waals surface area contributed by atoms with Gasteiger partial charge in [-0.2, -0.15) is 5.26 Å². The first-order chi connectivity index (χ1) is 11.5. The highest BCUT2D eigenvalue weighted by molar-refractivity contribution is 7.11. The van der Waals surface area contributed by atoms with Crippen molar-refractivity contribution in [2.24, 2.45) is 0 Å². The fourth-order valence-corrected chi connectivity index (χ4v) is 3.55. The number of nitrogens with zero attached hydrogens (tertiary/aromatic N) is 2. The standard InChI is InChI=1S/C18H16N4OS/c1-10-16(12(3)23)11(2)21-17(10)15-9-24-18(22-15)13(8-19)7-14-5-4-6-20-14/h4-7,9,20-21H,1-3H3/b13-7-. The highest BCUT2D eigenvalue weighted by atomic mass is 32.1. The van der Waals surface area contributed by atoms with Gasteiger partial charge in [-0.15, -0.1) is 11.3 Å². The maximum atomic E-state index is 11.8. The lowest BCUT2D eigenvalue weighted by atomic mass is 10.1. The van der Waals surface area contributed by atoms with Gasteiger partial charge in [-0.05, 0) is 44.5 Å². The Labute approximate surface area is 143 Å². The van der Waals surface area contributed by atoms with E-state index in [1.54, 1.807) is 13.0 Å². The SMILES string of the molecule is CC(=O)c1c(C)[nH]c(-c2csc(/C(C#N)=C\c3ccc[nH]3)n2)c1C. The first kappa shape index (κ1) is 16.0. The Bertz CT molecular complexity index is 967. The van der Waals surface area contributed by atoms with E-state index in [0.29, 0.717) is 16.1 Å². The molecule has 0 saturated carbocycles. The Morgan fingerprint density at radius 2 is 2.21 bits per heavy atom. The molecule has 5 nitrogen and oxygen atoms in total. The van der Waals surface area contributed by atoms with Gasteiger partial charge in [0, 0.05) is 28.5 Å². The fraction of sp³-hybridized carbons (Fsp3) is 0.167. The minimum absolute atomic E-state index is 0.0345. The maximum Gasteiger partial charge on any atom is 0.161 e. The van der Waals surface area contributed by atoms with Crippen LogP contribution in [0.2, 0.25) is 0 Å². The first-order valence-corrected chi connectivity index (χ1v) is 8.30. The summed E-state index contributed by atoms with van der Waals surface area (Å²) in [7, 11) is 0. The van der Waals surface area contributed by atoms with E-state index in [9.17, 15) is 10.1 Å². The van der Waals surface area contributed by atoms with Gasteiger partial charge in [0.1, 0.15) is 11.1 Å². The predicted molar refractivity (Wildman–Crippen MR) is 95.7 cm³/mol. The number of carbonyl (C=O) groups excluding carboxylic acids is 1. The second kappa shape index (κ2) is 6.30. The molecule has 3 rings (SSSR count). The van der Waals surface area contributed by atoms with Crippen LogP contribution in [0.1, 0.15) is 39.2 Å². The van der Waals surface area contributed by atoms with Crippen LogP contribution in [0.4, 0.5) is 0 Å². The summed E-state index contributed by atoms with van der Waals surface area (Å²) in [6.45, 7) is 5.35. The lowest BCUT2D eigenvalue weighted by molar-refractivity contribution is 0.101. The summed E-state index contributed by atoms with van der Waals surface area (Å²) in [5, 5.41) is 12.0. The van der Waals surface area contributed by atoms with E-state index in [1.807, 2.05) is 37.6 Å². The molecule has 6 heteroatoms. The lowest BCUT2D eigenvalue weighted by Gasteiger charge is -1.97. The number of thiazole rings is 1. The maximum absolute atomic E-state index is 11.8. The highest BCUT2D eigenvalue weighted by Crippen LogP contribution is 2.31. The molecule has 0 spiro atoms. The third-order valence-corrected chi connectivity index (χ3v) is 4.70. The molecule has 0 radical (unpaired) electrons. The number of H-pyrrole nitrogens is 2. The first-order valence-electron chi connectivity index (χ1n) is 7.42. The Hall–Kier alpha value is -2.91. The third kappa shape index (κ3) is 2.82. The number of nitriles is 1. The number of Topliss-reactive ketones (excluding diaryl/α,β-unsaturated/α-hetero) is 1. The average Bonchev–Trinajstić information content (AvgIpc) is 3.25. The van der Waals surface area contributed by atoms with Gasteiger partial charge in [0.2, 0.25) is 0 Å². The van der Waals surface area contributed by atoms with Crippen LogP contribution in [-0.2, 0) is 0 Å². The predicted octanol–water partition coefficient (Wildman–Crippen LogP) is 4.35. The summed E-state index contributed by atoms with van der Waals surface area (Å²) in [5.41, 5.74) is 5.38. The Morgan fingerprint density at radius 1 is 1.42 bits per heavy atom. The molecular weight excluding hydrogens is 320 g/mol. The molecule has 0 aliphatic carbocycles. The van der Waals surface area contributed by atoms with Gasteiger partial charge in [0.15, 0.2) is 5.78 Å². The van der Waals surface area contributed by atoms with Crippen molar-refractivity contribution in [3.05, 3.63) is 51.2 Å². The summed E-state index contributed by atoms with van der Waals surface area (Å²) in [6, 6.07) is 5.97. The minimum atomic E-state index is 0.0345.